The van der Waals surface area contributed by atoms with Crippen molar-refractivity contribution in [3.8, 4) is 0 Å². The zero-order chi connectivity index (χ0) is 21.8. The number of aliphatic hydroxyl groups excluding tert-OH is 1. The van der Waals surface area contributed by atoms with Crippen LogP contribution in [0.4, 0.5) is 0 Å². The Labute approximate surface area is 230 Å². The van der Waals surface area contributed by atoms with Crippen molar-refractivity contribution in [1.29, 1.82) is 0 Å². The van der Waals surface area contributed by atoms with Crippen molar-refractivity contribution in [3.05, 3.63) is 0 Å². The van der Waals surface area contributed by atoms with Gasteiger partial charge in [-0.25, -0.2) is 8.42 Å². The topological polar surface area (TPSA) is 77.4 Å². The number of aliphatic hydroxyl groups is 1. The van der Waals surface area contributed by atoms with Crippen molar-refractivity contribution in [2.24, 2.45) is 0 Å². The fraction of sp³-hybridized carbons (Fsp3) is 1.00. The third-order valence-electron chi connectivity index (χ3n) is 6.07. The van der Waals surface area contributed by atoms with E-state index in [9.17, 15) is 18.1 Å². The van der Waals surface area contributed by atoms with Gasteiger partial charge >= 0.3 is 51.4 Å². The molecule has 0 aliphatic heterocycles. The maximum Gasteiger partial charge on any atom is 1.00 e. The maximum absolute atomic E-state index is 11.4. The second kappa shape index (κ2) is 23.7. The van der Waals surface area contributed by atoms with Crippen LogP contribution in [0.15, 0.2) is 0 Å². The summed E-state index contributed by atoms with van der Waals surface area (Å²) in [6.07, 6.45) is 21.6. The summed E-state index contributed by atoms with van der Waals surface area (Å²) in [4.78, 5) is 0. The van der Waals surface area contributed by atoms with Gasteiger partial charge in [0.25, 0.3) is 0 Å². The van der Waals surface area contributed by atoms with Crippen LogP contribution in [-0.4, -0.2) is 29.4 Å². The van der Waals surface area contributed by atoms with Crippen LogP contribution in [0.5, 0.6) is 0 Å². The molecular formula is C24H49KO4S. The minimum atomic E-state index is -4.13. The summed E-state index contributed by atoms with van der Waals surface area (Å²) in [5, 5.41) is 8.85. The van der Waals surface area contributed by atoms with Gasteiger partial charge in [-0.1, -0.05) is 117 Å². The second-order valence-corrected chi connectivity index (χ2v) is 10.5. The van der Waals surface area contributed by atoms with Crippen LogP contribution in [0.2, 0.25) is 0 Å². The Morgan fingerprint density at radius 1 is 0.633 bits per heavy atom. The van der Waals surface area contributed by atoms with E-state index in [0.29, 0.717) is 12.8 Å². The van der Waals surface area contributed by atoms with E-state index in [2.05, 4.69) is 6.92 Å². The smallest absolute Gasteiger partial charge is 0.748 e. The van der Waals surface area contributed by atoms with Crippen molar-refractivity contribution in [3.63, 3.8) is 0 Å². The quantitative estimate of drug-likeness (QED) is 0.146. The Kier molecular flexibility index (Phi) is 26.6. The molecule has 6 heteroatoms. The van der Waals surface area contributed by atoms with Gasteiger partial charge in [0.05, 0.1) is 16.2 Å². The minimum absolute atomic E-state index is 0. The van der Waals surface area contributed by atoms with E-state index in [1.165, 1.54) is 57.8 Å². The number of hydrogen-bond acceptors (Lipinski definition) is 4. The van der Waals surface area contributed by atoms with Crippen LogP contribution in [0.25, 0.3) is 0 Å². The first kappa shape index (κ1) is 33.7. The largest absolute Gasteiger partial charge is 1.00 e. The maximum atomic E-state index is 11.4. The molecule has 0 aromatic rings. The van der Waals surface area contributed by atoms with E-state index in [1.54, 1.807) is 0 Å². The van der Waals surface area contributed by atoms with Crippen LogP contribution in [-0.2, 0) is 10.1 Å². The summed E-state index contributed by atoms with van der Waals surface area (Å²) in [6.45, 7) is 4.13. The van der Waals surface area contributed by atoms with Crippen molar-refractivity contribution in [2.45, 2.75) is 154 Å². The molecule has 2 atom stereocenters. The summed E-state index contributed by atoms with van der Waals surface area (Å²) in [5.41, 5.74) is 0. The molecule has 0 saturated heterocycles. The molecule has 0 radical (unpaired) electrons. The monoisotopic (exact) mass is 472 g/mol. The Balaban J connectivity index is 0. The zero-order valence-electron chi connectivity index (χ0n) is 20.4. The third kappa shape index (κ3) is 22.7. The molecule has 0 aliphatic rings. The van der Waals surface area contributed by atoms with Gasteiger partial charge in [0.1, 0.15) is 0 Å². The Hall–Kier alpha value is 1.51. The standard InChI is InChI=1S/C24H50O4S.K/c1-3-5-17-21-24(29(26,27)28)22-19-16-14-12-10-8-6-7-9-11-13-15-18-20-23(25)4-2;/h23-25H,3-22H2,1-2H3,(H,26,27,28);/q;+1/p-1. The molecule has 0 heterocycles. The molecule has 176 valence electrons. The van der Waals surface area contributed by atoms with Gasteiger partial charge in [0.2, 0.25) is 0 Å². The first-order chi connectivity index (χ1) is 13.9. The van der Waals surface area contributed by atoms with Gasteiger partial charge in [0.15, 0.2) is 0 Å². The molecule has 2 unspecified atom stereocenters. The van der Waals surface area contributed by atoms with E-state index < -0.39 is 15.4 Å². The van der Waals surface area contributed by atoms with Crippen molar-refractivity contribution >= 4 is 10.1 Å². The normalized spacial score (nSPS) is 13.7. The molecule has 0 aromatic heterocycles. The fourth-order valence-corrected chi connectivity index (χ4v) is 4.87. The zero-order valence-corrected chi connectivity index (χ0v) is 24.3. The number of unbranched alkanes of at least 4 members (excludes halogenated alkanes) is 14. The Bertz CT molecular complexity index is 442. The number of rotatable bonds is 22. The van der Waals surface area contributed by atoms with Gasteiger partial charge in [-0.05, 0) is 25.7 Å². The van der Waals surface area contributed by atoms with Gasteiger partial charge in [0, 0.05) is 5.25 Å². The molecule has 30 heavy (non-hydrogen) atoms. The van der Waals surface area contributed by atoms with Crippen molar-refractivity contribution in [2.75, 3.05) is 0 Å². The summed E-state index contributed by atoms with van der Waals surface area (Å²) in [6, 6.07) is 0. The predicted molar refractivity (Wildman–Crippen MR) is 123 cm³/mol. The van der Waals surface area contributed by atoms with E-state index in [1.807, 2.05) is 6.92 Å². The molecular weight excluding hydrogens is 423 g/mol. The molecule has 0 saturated carbocycles. The van der Waals surface area contributed by atoms with Gasteiger partial charge < -0.3 is 9.66 Å². The van der Waals surface area contributed by atoms with E-state index in [-0.39, 0.29) is 57.5 Å². The fourth-order valence-electron chi connectivity index (χ4n) is 3.96. The first-order valence-electron chi connectivity index (χ1n) is 12.5. The predicted octanol–water partition coefficient (Wildman–Crippen LogP) is 4.11. The van der Waals surface area contributed by atoms with Crippen LogP contribution in [0, 0.1) is 0 Å². The molecule has 1 N–H and O–H groups in total. The Morgan fingerprint density at radius 2 is 0.967 bits per heavy atom. The van der Waals surface area contributed by atoms with Gasteiger partial charge in [-0.3, -0.25) is 0 Å². The van der Waals surface area contributed by atoms with Crippen molar-refractivity contribution in [1.82, 2.24) is 0 Å². The molecule has 0 bridgehead atoms. The van der Waals surface area contributed by atoms with Crippen LogP contribution >= 0.6 is 0 Å². The van der Waals surface area contributed by atoms with Crippen LogP contribution < -0.4 is 51.4 Å². The molecule has 0 aromatic carbocycles. The molecule has 0 rings (SSSR count). The Morgan fingerprint density at radius 3 is 1.30 bits per heavy atom. The average molecular weight is 473 g/mol. The summed E-state index contributed by atoms with van der Waals surface area (Å²) < 4.78 is 34.1. The SMILES string of the molecule is CCCCCC(CCCCCCCCCCCCCCCC(O)CC)S(=O)(=O)[O-].[K+]. The van der Waals surface area contributed by atoms with E-state index >= 15 is 0 Å². The van der Waals surface area contributed by atoms with Crippen LogP contribution in [0.3, 0.4) is 0 Å². The minimum Gasteiger partial charge on any atom is -0.748 e. The van der Waals surface area contributed by atoms with Gasteiger partial charge in [-0.15, -0.1) is 0 Å². The van der Waals surface area contributed by atoms with E-state index in [0.717, 1.165) is 57.8 Å². The summed E-state index contributed by atoms with van der Waals surface area (Å²) >= 11 is 0. The van der Waals surface area contributed by atoms with Crippen LogP contribution in [0.1, 0.15) is 142 Å². The molecule has 0 spiro atoms. The summed E-state index contributed by atoms with van der Waals surface area (Å²) in [7, 11) is -4.13. The average Bonchev–Trinajstić information content (AvgIpc) is 2.68. The third-order valence-corrected chi connectivity index (χ3v) is 7.36. The molecule has 4 nitrogen and oxygen atoms in total. The molecule has 0 amide bonds. The van der Waals surface area contributed by atoms with Crippen molar-refractivity contribution < 1.29 is 69.5 Å². The number of hydrogen-bond donors (Lipinski definition) is 1. The van der Waals surface area contributed by atoms with Gasteiger partial charge in [-0.2, -0.15) is 0 Å². The first-order valence-corrected chi connectivity index (χ1v) is 14.0. The van der Waals surface area contributed by atoms with E-state index in [4.69, 9.17) is 0 Å². The molecule has 0 fully saturated rings. The summed E-state index contributed by atoms with van der Waals surface area (Å²) in [5.74, 6) is 0. The molecule has 0 aliphatic carbocycles. The second-order valence-electron chi connectivity index (χ2n) is 8.85.